The summed E-state index contributed by atoms with van der Waals surface area (Å²) in [5.41, 5.74) is 0. The largest absolute Gasteiger partial charge is 0.116 e. The highest BCUT2D eigenvalue weighted by molar-refractivity contribution is 8.14. The molecule has 0 N–H and O–H groups in total. The molecule has 0 nitrogen and oxygen atoms in total. The van der Waals surface area contributed by atoms with E-state index in [0.29, 0.717) is 0 Å². The van der Waals surface area contributed by atoms with E-state index in [2.05, 4.69) is 0 Å². The summed E-state index contributed by atoms with van der Waals surface area (Å²) in [5, 5.41) is 0. The van der Waals surface area contributed by atoms with E-state index in [9.17, 15) is 0 Å². The minimum Gasteiger partial charge on any atom is -0.116 e. The molecule has 0 saturated heterocycles. The number of rotatable bonds is 0. The molecule has 0 spiro atoms. The Hall–Kier alpha value is 1.03. The first-order valence-electron chi connectivity index (χ1n) is 0.894. The summed E-state index contributed by atoms with van der Waals surface area (Å²) in [5.74, 6) is 0. The highest BCUT2D eigenvalue weighted by atomic mass is 31.8. The van der Waals surface area contributed by atoms with Gasteiger partial charge in [-0.05, 0) is 0 Å². The molecule has 4 heavy (non-hydrogen) atoms. The third kappa shape index (κ3) is 0.495. The van der Waals surface area contributed by atoms with Crippen molar-refractivity contribution in [2.75, 3.05) is 0 Å². The van der Waals surface area contributed by atoms with E-state index >= 15 is 0 Å². The van der Waals surface area contributed by atoms with Crippen LogP contribution < -0.4 is 0 Å². The van der Waals surface area contributed by atoms with Crippen LogP contribution in [0.5, 0.6) is 0 Å². The zero-order chi connectivity index (χ0) is 2.83. The highest BCUT2D eigenvalue weighted by Crippen LogP contribution is 2.06. The van der Waals surface area contributed by atoms with Crippen LogP contribution in [0.1, 0.15) is 0 Å². The van der Waals surface area contributed by atoms with Crippen molar-refractivity contribution < 1.29 is 0 Å². The molecular formula is P2Si2. The van der Waals surface area contributed by atoms with Crippen molar-refractivity contribution in [1.29, 1.82) is 0 Å². The predicted octanol–water partition coefficient (Wildman–Crippen LogP) is 0.961. The fourth-order valence-electron chi connectivity index (χ4n) is 0.0500. The zero-order valence-electron chi connectivity index (χ0n) is 1.89. The molecule has 1 rings (SSSR count). The average Bonchev–Trinajstić information content (AvgIpc) is 0.722. The van der Waals surface area contributed by atoms with Crippen molar-refractivity contribution in [3.8, 4) is 0 Å². The van der Waals surface area contributed by atoms with Gasteiger partial charge in [-0.2, -0.15) is 0 Å². The van der Waals surface area contributed by atoms with E-state index in [-0.39, 0.29) is 0 Å². The van der Waals surface area contributed by atoms with Gasteiger partial charge < -0.3 is 0 Å². The van der Waals surface area contributed by atoms with Crippen LogP contribution in [0.15, 0.2) is 0 Å². The topological polar surface area (TPSA) is 0 Å². The average molecular weight is 118 g/mol. The second-order valence-corrected chi connectivity index (χ2v) is 11.4. The Kier molecular flexibility index (Phi) is 1.18. The maximum absolute atomic E-state index is 1.72. The molecule has 0 bridgehead atoms. The third-order valence-electron chi connectivity index (χ3n) is 0.200. The Morgan fingerprint density at radius 1 is 1.00 bits per heavy atom. The summed E-state index contributed by atoms with van der Waals surface area (Å²) in [7, 11) is 6.00. The normalized spacial score (nSPS) is 24.0. The van der Waals surface area contributed by atoms with Crippen LogP contribution in [0.25, 0.3) is 0 Å². The van der Waals surface area contributed by atoms with E-state index in [1.54, 1.807) is 14.5 Å². The van der Waals surface area contributed by atoms with E-state index in [1.807, 2.05) is 0 Å². The molecule has 1 heterocycles. The molecule has 0 saturated carbocycles. The molecule has 0 amide bonds. The first-order valence-corrected chi connectivity index (χ1v) is 8.05. The first kappa shape index (κ1) is 3.23. The quantitative estimate of drug-likeness (QED) is 0.328. The van der Waals surface area contributed by atoms with Gasteiger partial charge in [-0.15, -0.1) is 14.5 Å². The van der Waals surface area contributed by atoms with E-state index in [1.165, 1.54) is 16.9 Å². The van der Waals surface area contributed by atoms with Crippen molar-refractivity contribution >= 4 is 31.4 Å². The van der Waals surface area contributed by atoms with Gasteiger partial charge in [0.1, 0.15) is 16.9 Å². The van der Waals surface area contributed by atoms with Gasteiger partial charge in [0.2, 0.25) is 0 Å². The fourth-order valence-corrected chi connectivity index (χ4v) is 4.05. The first-order chi connectivity index (χ1) is 2.00. The van der Waals surface area contributed by atoms with Gasteiger partial charge in [-0.1, -0.05) is 0 Å². The van der Waals surface area contributed by atoms with Crippen molar-refractivity contribution in [1.82, 2.24) is 0 Å². The third-order valence-corrected chi connectivity index (χ3v) is 16.2. The summed E-state index contributed by atoms with van der Waals surface area (Å²) in [6, 6.07) is 0. The molecule has 0 aromatic rings. The van der Waals surface area contributed by atoms with Crippen LogP contribution in [-0.2, 0) is 0 Å². The summed E-state index contributed by atoms with van der Waals surface area (Å²) in [4.78, 5) is 0. The lowest BCUT2D eigenvalue weighted by Crippen LogP contribution is -1.58. The van der Waals surface area contributed by atoms with Gasteiger partial charge in [0, 0.05) is 0 Å². The number of hydrogen-bond acceptors (Lipinski definition) is 0. The second-order valence-electron chi connectivity index (χ2n) is 0.424. The molecule has 0 fully saturated rings. The van der Waals surface area contributed by atoms with Crippen LogP contribution in [0, 0.1) is 0 Å². The predicted molar refractivity (Wildman–Crippen MR) is 25.3 cm³/mol. The lowest BCUT2D eigenvalue weighted by atomic mass is 27.3. The molecule has 4 heteroatoms. The van der Waals surface area contributed by atoms with Crippen LogP contribution >= 0.6 is 14.5 Å². The standard InChI is InChI=1S/P2Si2/c1-3-2-4-1. The fraction of sp³-hybridized carbons (Fsp3) is 0. The molecule has 1 aliphatic heterocycles. The van der Waals surface area contributed by atoms with Gasteiger partial charge in [0.05, 0.1) is 0 Å². The smallest absolute Gasteiger partial charge is 0.116 e. The molecule has 0 aromatic carbocycles. The van der Waals surface area contributed by atoms with Crippen LogP contribution in [-0.4, -0.2) is 16.9 Å². The van der Waals surface area contributed by atoms with Crippen LogP contribution in [0.3, 0.4) is 0 Å². The Morgan fingerprint density at radius 2 is 1.25 bits per heavy atom. The Labute approximate surface area is 32.1 Å². The van der Waals surface area contributed by atoms with Crippen molar-refractivity contribution in [2.24, 2.45) is 0 Å². The van der Waals surface area contributed by atoms with Crippen molar-refractivity contribution in [3.05, 3.63) is 0 Å². The molecular weight excluding hydrogens is 118 g/mol. The maximum Gasteiger partial charge on any atom is 0.116 e. The van der Waals surface area contributed by atoms with E-state index in [4.69, 9.17) is 0 Å². The summed E-state index contributed by atoms with van der Waals surface area (Å²) in [6.45, 7) is 0. The van der Waals surface area contributed by atoms with Crippen LogP contribution in [0.2, 0.25) is 0 Å². The molecule has 0 aromatic heterocycles. The van der Waals surface area contributed by atoms with Gasteiger partial charge in [0.25, 0.3) is 0 Å². The second kappa shape index (κ2) is 1.47. The van der Waals surface area contributed by atoms with Crippen molar-refractivity contribution in [2.45, 2.75) is 0 Å². The zero-order valence-corrected chi connectivity index (χ0v) is 5.68. The Balaban J connectivity index is 2.67. The van der Waals surface area contributed by atoms with Gasteiger partial charge >= 0.3 is 0 Å². The van der Waals surface area contributed by atoms with Gasteiger partial charge in [-0.3, -0.25) is 0 Å². The summed E-state index contributed by atoms with van der Waals surface area (Å²) < 4.78 is 0. The molecule has 0 atom stereocenters. The van der Waals surface area contributed by atoms with Gasteiger partial charge in [0.15, 0.2) is 0 Å². The molecule has 0 aliphatic carbocycles. The molecule has 1 aliphatic rings. The minimum absolute atomic E-state index is 1.28. The Morgan fingerprint density at radius 3 is 1.25 bits per heavy atom. The summed E-state index contributed by atoms with van der Waals surface area (Å²) in [6.07, 6.45) is 0. The lowest BCUT2D eigenvalue weighted by molar-refractivity contribution is 4.53. The van der Waals surface area contributed by atoms with E-state index < -0.39 is 0 Å². The Bertz CT molecular complexity index is 44.4. The lowest BCUT2D eigenvalue weighted by Gasteiger charge is -1.71. The molecule has 2 radical (unpaired) electrons. The van der Waals surface area contributed by atoms with Gasteiger partial charge in [-0.25, -0.2) is 0 Å². The monoisotopic (exact) mass is 118 g/mol. The number of hydrogen-bond donors (Lipinski definition) is 0. The molecule has 18 valence electrons. The van der Waals surface area contributed by atoms with E-state index in [0.717, 1.165) is 0 Å². The highest BCUT2D eigenvalue weighted by Gasteiger charge is 1.71. The summed E-state index contributed by atoms with van der Waals surface area (Å²) >= 11 is 0. The minimum atomic E-state index is 1.28. The van der Waals surface area contributed by atoms with Crippen LogP contribution in [0.4, 0.5) is 0 Å². The SMILES string of the molecule is [Si]1=P[Si]=P1. The molecule has 0 unspecified atom stereocenters. The van der Waals surface area contributed by atoms with Crippen molar-refractivity contribution in [3.63, 3.8) is 0 Å². The maximum atomic E-state index is 1.72.